The van der Waals surface area contributed by atoms with E-state index in [2.05, 4.69) is 17.6 Å². The second kappa shape index (κ2) is 8.70. The van der Waals surface area contributed by atoms with Gasteiger partial charge in [-0.2, -0.15) is 0 Å². The first kappa shape index (κ1) is 15.6. The van der Waals surface area contributed by atoms with Crippen molar-refractivity contribution in [1.29, 1.82) is 0 Å². The van der Waals surface area contributed by atoms with Gasteiger partial charge in [0.1, 0.15) is 0 Å². The van der Waals surface area contributed by atoms with Crippen LogP contribution in [0.5, 0.6) is 0 Å². The van der Waals surface area contributed by atoms with Crippen LogP contribution in [0.15, 0.2) is 0 Å². The van der Waals surface area contributed by atoms with Gasteiger partial charge in [0.2, 0.25) is 5.91 Å². The quantitative estimate of drug-likeness (QED) is 0.663. The smallest absolute Gasteiger partial charge is 0.234 e. The van der Waals surface area contributed by atoms with Crippen LogP contribution in [0.2, 0.25) is 0 Å². The number of hydrogen-bond donors (Lipinski definition) is 2. The average molecular weight is 248 g/mol. The molecule has 3 unspecified atom stereocenters. The van der Waals surface area contributed by atoms with Gasteiger partial charge in [-0.25, -0.2) is 0 Å². The SMILES string of the molecule is CCCC(C)NC(=O)CNC(C)CS(C)=O. The Bertz CT molecular complexity index is 234. The van der Waals surface area contributed by atoms with Crippen LogP contribution in [-0.4, -0.2) is 40.8 Å². The van der Waals surface area contributed by atoms with Gasteiger partial charge in [0.25, 0.3) is 0 Å². The molecule has 1 amide bonds. The molecule has 0 spiro atoms. The first-order chi connectivity index (χ1) is 7.45. The number of carbonyl (C=O) groups excluding carboxylic acids is 1. The normalized spacial score (nSPS) is 16.5. The van der Waals surface area contributed by atoms with Crippen LogP contribution >= 0.6 is 0 Å². The van der Waals surface area contributed by atoms with Gasteiger partial charge in [-0.1, -0.05) is 13.3 Å². The number of carbonyl (C=O) groups is 1. The van der Waals surface area contributed by atoms with Crippen molar-refractivity contribution in [2.45, 2.75) is 45.7 Å². The van der Waals surface area contributed by atoms with Gasteiger partial charge in [0.05, 0.1) is 6.54 Å². The molecule has 3 atom stereocenters. The molecule has 0 saturated carbocycles. The van der Waals surface area contributed by atoms with E-state index in [4.69, 9.17) is 0 Å². The third kappa shape index (κ3) is 8.85. The average Bonchev–Trinajstić information content (AvgIpc) is 2.14. The van der Waals surface area contributed by atoms with Gasteiger partial charge in [-0.05, 0) is 20.3 Å². The van der Waals surface area contributed by atoms with E-state index in [0.717, 1.165) is 12.8 Å². The third-order valence-electron chi connectivity index (χ3n) is 2.22. The molecule has 0 aliphatic heterocycles. The number of nitrogens with one attached hydrogen (secondary N) is 2. The van der Waals surface area contributed by atoms with Crippen LogP contribution in [0.3, 0.4) is 0 Å². The fourth-order valence-electron chi connectivity index (χ4n) is 1.51. The fourth-order valence-corrected chi connectivity index (χ4v) is 2.33. The third-order valence-corrected chi connectivity index (χ3v) is 3.19. The lowest BCUT2D eigenvalue weighted by Crippen LogP contribution is -2.42. The van der Waals surface area contributed by atoms with E-state index in [1.807, 2.05) is 13.8 Å². The summed E-state index contributed by atoms with van der Waals surface area (Å²) in [5, 5.41) is 5.97. The van der Waals surface area contributed by atoms with Crippen molar-refractivity contribution in [3.63, 3.8) is 0 Å². The Morgan fingerprint density at radius 2 is 1.94 bits per heavy atom. The Kier molecular flexibility index (Phi) is 8.47. The van der Waals surface area contributed by atoms with Crippen molar-refractivity contribution in [1.82, 2.24) is 10.6 Å². The summed E-state index contributed by atoms with van der Waals surface area (Å²) in [4.78, 5) is 11.5. The lowest BCUT2D eigenvalue weighted by Gasteiger charge is -2.15. The van der Waals surface area contributed by atoms with E-state index in [-0.39, 0.29) is 18.0 Å². The maximum absolute atomic E-state index is 11.5. The van der Waals surface area contributed by atoms with Crippen LogP contribution in [0, 0.1) is 0 Å². The van der Waals surface area contributed by atoms with Crippen LogP contribution in [0.4, 0.5) is 0 Å². The Morgan fingerprint density at radius 1 is 1.31 bits per heavy atom. The molecule has 0 radical (unpaired) electrons. The number of hydrogen-bond acceptors (Lipinski definition) is 3. The highest BCUT2D eigenvalue weighted by Crippen LogP contribution is 1.94. The highest BCUT2D eigenvalue weighted by Gasteiger charge is 2.09. The molecular formula is C11H24N2O2S. The molecule has 0 heterocycles. The summed E-state index contributed by atoms with van der Waals surface area (Å²) < 4.78 is 10.9. The van der Waals surface area contributed by atoms with E-state index in [9.17, 15) is 9.00 Å². The fraction of sp³-hybridized carbons (Fsp3) is 0.909. The van der Waals surface area contributed by atoms with Gasteiger partial charge >= 0.3 is 0 Å². The summed E-state index contributed by atoms with van der Waals surface area (Å²) in [5.74, 6) is 0.590. The summed E-state index contributed by atoms with van der Waals surface area (Å²) >= 11 is 0. The van der Waals surface area contributed by atoms with E-state index in [1.165, 1.54) is 0 Å². The molecular weight excluding hydrogens is 224 g/mol. The van der Waals surface area contributed by atoms with Gasteiger partial charge in [0, 0.05) is 34.9 Å². The molecule has 0 aromatic rings. The highest BCUT2D eigenvalue weighted by molar-refractivity contribution is 7.84. The Morgan fingerprint density at radius 3 is 2.44 bits per heavy atom. The minimum Gasteiger partial charge on any atom is -0.353 e. The van der Waals surface area contributed by atoms with Crippen molar-refractivity contribution >= 4 is 16.7 Å². The summed E-state index contributed by atoms with van der Waals surface area (Å²) in [6, 6.07) is 0.341. The predicted molar refractivity (Wildman–Crippen MR) is 68.9 cm³/mol. The zero-order chi connectivity index (χ0) is 12.6. The van der Waals surface area contributed by atoms with Crippen molar-refractivity contribution in [3.8, 4) is 0 Å². The van der Waals surface area contributed by atoms with E-state index in [1.54, 1.807) is 6.26 Å². The Labute approximate surface area is 101 Å². The van der Waals surface area contributed by atoms with Crippen molar-refractivity contribution in [2.75, 3.05) is 18.6 Å². The monoisotopic (exact) mass is 248 g/mol. The summed E-state index contributed by atoms with van der Waals surface area (Å²) in [7, 11) is -0.818. The second-order valence-electron chi connectivity index (χ2n) is 4.28. The summed E-state index contributed by atoms with van der Waals surface area (Å²) in [6.45, 7) is 6.34. The molecule has 0 bridgehead atoms. The van der Waals surface area contributed by atoms with E-state index in [0.29, 0.717) is 12.3 Å². The predicted octanol–water partition coefficient (Wildman–Crippen LogP) is 0.648. The van der Waals surface area contributed by atoms with Gasteiger partial charge in [0.15, 0.2) is 0 Å². The van der Waals surface area contributed by atoms with Gasteiger partial charge in [-0.15, -0.1) is 0 Å². The molecule has 16 heavy (non-hydrogen) atoms. The maximum Gasteiger partial charge on any atom is 0.234 e. The minimum absolute atomic E-state index is 0.00897. The van der Waals surface area contributed by atoms with Crippen molar-refractivity contribution < 1.29 is 9.00 Å². The molecule has 0 aromatic heterocycles. The van der Waals surface area contributed by atoms with Crippen LogP contribution in [0.25, 0.3) is 0 Å². The van der Waals surface area contributed by atoms with Gasteiger partial charge in [-0.3, -0.25) is 9.00 Å². The number of rotatable bonds is 8. The molecule has 0 aliphatic carbocycles. The lowest BCUT2D eigenvalue weighted by atomic mass is 10.2. The topological polar surface area (TPSA) is 58.2 Å². The Hall–Kier alpha value is -0.420. The lowest BCUT2D eigenvalue weighted by molar-refractivity contribution is -0.120. The summed E-state index contributed by atoms with van der Waals surface area (Å²) in [6.07, 6.45) is 3.74. The van der Waals surface area contributed by atoms with Crippen LogP contribution in [0.1, 0.15) is 33.6 Å². The highest BCUT2D eigenvalue weighted by atomic mass is 32.2. The molecule has 4 nitrogen and oxygen atoms in total. The molecule has 0 saturated heterocycles. The molecule has 0 rings (SSSR count). The van der Waals surface area contributed by atoms with Crippen molar-refractivity contribution in [2.24, 2.45) is 0 Å². The van der Waals surface area contributed by atoms with Crippen LogP contribution < -0.4 is 10.6 Å². The standard InChI is InChI=1S/C11H24N2O2S/c1-5-6-9(2)13-11(14)7-12-10(3)8-16(4)15/h9-10,12H,5-8H2,1-4H3,(H,13,14). The summed E-state index contributed by atoms with van der Waals surface area (Å²) in [5.41, 5.74) is 0. The molecule has 2 N–H and O–H groups in total. The van der Waals surface area contributed by atoms with Crippen LogP contribution in [-0.2, 0) is 15.6 Å². The maximum atomic E-state index is 11.5. The first-order valence-electron chi connectivity index (χ1n) is 5.78. The molecule has 96 valence electrons. The Balaban J connectivity index is 3.68. The van der Waals surface area contributed by atoms with Gasteiger partial charge < -0.3 is 10.6 Å². The zero-order valence-electron chi connectivity index (χ0n) is 10.7. The molecule has 0 fully saturated rings. The molecule has 0 aromatic carbocycles. The van der Waals surface area contributed by atoms with E-state index >= 15 is 0 Å². The zero-order valence-corrected chi connectivity index (χ0v) is 11.5. The van der Waals surface area contributed by atoms with E-state index < -0.39 is 10.8 Å². The largest absolute Gasteiger partial charge is 0.353 e. The minimum atomic E-state index is -0.818. The second-order valence-corrected chi connectivity index (χ2v) is 5.76. The molecule has 0 aliphatic rings. The van der Waals surface area contributed by atoms with Crippen molar-refractivity contribution in [3.05, 3.63) is 0 Å². The first-order valence-corrected chi connectivity index (χ1v) is 7.51. The molecule has 5 heteroatoms. The number of amides is 1.